The first-order valence-corrected chi connectivity index (χ1v) is 42.8. The summed E-state index contributed by atoms with van der Waals surface area (Å²) in [5.74, 6) is -2.67. The molecular weight excluding hydrogens is 1510 g/mol. The number of carbonyl (C=O) groups is 7. The molecule has 2 aliphatic heterocycles. The zero-order valence-corrected chi connectivity index (χ0v) is 66.3. The second-order valence-electron chi connectivity index (χ2n) is 28.9. The van der Waals surface area contributed by atoms with Crippen LogP contribution in [-0.4, -0.2) is 149 Å². The van der Waals surface area contributed by atoms with Gasteiger partial charge in [0.25, 0.3) is 30.4 Å². The van der Waals surface area contributed by atoms with Crippen molar-refractivity contribution in [3.63, 3.8) is 0 Å². The van der Waals surface area contributed by atoms with Crippen LogP contribution >= 0.6 is 15.9 Å². The van der Waals surface area contributed by atoms with Crippen LogP contribution in [0.4, 0.5) is 16.2 Å². The summed E-state index contributed by atoms with van der Waals surface area (Å²) in [6, 6.07) is 25.5. The zero-order valence-electron chi connectivity index (χ0n) is 62.2. The molecule has 2 heterocycles. The van der Waals surface area contributed by atoms with Crippen molar-refractivity contribution in [1.82, 2.24) is 15.5 Å². The number of fused-ring (bicyclic) bond motifs is 2. The van der Waals surface area contributed by atoms with E-state index in [-0.39, 0.29) is 61.0 Å². The number of hydrogen-bond acceptors (Lipinski definition) is 15. The van der Waals surface area contributed by atoms with Gasteiger partial charge >= 0.3 is 18.0 Å². The third kappa shape index (κ3) is 27.2. The number of unbranched alkanes of at least 4 members (excludes halogenated alkanes) is 8. The number of para-hydroxylation sites is 2. The number of nitrogens with one attached hydrogen (secondary N) is 2. The Morgan fingerprint density at radius 2 is 1.21 bits per heavy atom. The van der Waals surface area contributed by atoms with E-state index in [0.29, 0.717) is 121 Å². The molecule has 3 amide bonds. The number of ketones is 3. The molecule has 4 aromatic rings. The van der Waals surface area contributed by atoms with Crippen LogP contribution in [0.3, 0.4) is 0 Å². The molecule has 588 valence electrons. The van der Waals surface area contributed by atoms with E-state index in [2.05, 4.69) is 56.8 Å². The fraction of sp³-hybridized carbons (Fsp3) is 0.500. The van der Waals surface area contributed by atoms with Crippen LogP contribution in [0.1, 0.15) is 211 Å². The quantitative estimate of drug-likeness (QED) is 0.0123. The third-order valence-electron chi connectivity index (χ3n) is 20.2. The van der Waals surface area contributed by atoms with E-state index in [1.165, 1.54) is 31.2 Å². The number of anilines is 1. The number of carboxylic acid groups (broad SMARTS) is 2. The van der Waals surface area contributed by atoms with E-state index in [4.69, 9.17) is 9.84 Å². The summed E-state index contributed by atoms with van der Waals surface area (Å²) in [4.78, 5) is 91.3. The summed E-state index contributed by atoms with van der Waals surface area (Å²) < 4.78 is 111. The van der Waals surface area contributed by atoms with Crippen molar-refractivity contribution in [2.45, 2.75) is 229 Å². The maximum absolute atomic E-state index is 13.6. The van der Waals surface area contributed by atoms with Gasteiger partial charge in [0.05, 0.1) is 27.9 Å². The van der Waals surface area contributed by atoms with Crippen LogP contribution in [0.25, 0.3) is 0 Å². The second-order valence-corrected chi connectivity index (χ2v) is 34.4. The number of amides is 3. The predicted octanol–water partition coefficient (Wildman–Crippen LogP) is 14.4. The molecular formula is C80H105BrN5O19S3+. The molecule has 28 heteroatoms. The van der Waals surface area contributed by atoms with E-state index in [1.807, 2.05) is 97.1 Å². The van der Waals surface area contributed by atoms with Crippen LogP contribution in [0.5, 0.6) is 5.75 Å². The minimum absolute atomic E-state index is 0.0522. The van der Waals surface area contributed by atoms with Crippen LogP contribution in [-0.2, 0) is 76.5 Å². The lowest BCUT2D eigenvalue weighted by molar-refractivity contribution is -0.437. The number of rotatable bonds is 47. The Morgan fingerprint density at radius 1 is 0.630 bits per heavy atom. The van der Waals surface area contributed by atoms with E-state index in [9.17, 15) is 77.6 Å². The van der Waals surface area contributed by atoms with E-state index in [0.717, 1.165) is 100 Å². The lowest BCUT2D eigenvalue weighted by Gasteiger charge is -2.31. The summed E-state index contributed by atoms with van der Waals surface area (Å²) in [5, 5.41) is 23.6. The fourth-order valence-electron chi connectivity index (χ4n) is 14.4. The summed E-state index contributed by atoms with van der Waals surface area (Å²) in [7, 11) is -13.0. The van der Waals surface area contributed by atoms with Crippen LogP contribution in [0.2, 0.25) is 0 Å². The highest BCUT2D eigenvalue weighted by Crippen LogP contribution is 2.51. The maximum atomic E-state index is 13.6. The number of Topliss-reactive ketones (excluding diaryl/α,β-unsaturated/α-hetero) is 3. The topological polar surface area (TPSA) is 366 Å². The highest BCUT2D eigenvalue weighted by atomic mass is 79.9. The summed E-state index contributed by atoms with van der Waals surface area (Å²) >= 11 is 3.45. The highest BCUT2D eigenvalue weighted by Gasteiger charge is 2.45. The number of halogens is 1. The van der Waals surface area contributed by atoms with E-state index >= 15 is 0 Å². The molecule has 24 nitrogen and oxygen atoms in total. The molecule has 0 bridgehead atoms. The number of allylic oxidation sites excluding steroid dienone is 7. The average molecular weight is 1620 g/mol. The van der Waals surface area contributed by atoms with Crippen LogP contribution < -0.4 is 20.3 Å². The molecule has 1 unspecified atom stereocenters. The van der Waals surface area contributed by atoms with Crippen molar-refractivity contribution < 1.29 is 92.0 Å². The van der Waals surface area contributed by atoms with Gasteiger partial charge in [0.1, 0.15) is 35.7 Å². The minimum atomic E-state index is -4.52. The van der Waals surface area contributed by atoms with Gasteiger partial charge in [-0.05, 0) is 194 Å². The first-order chi connectivity index (χ1) is 51.1. The van der Waals surface area contributed by atoms with Crippen molar-refractivity contribution in [2.75, 3.05) is 36.0 Å². The Balaban J connectivity index is 0.913. The standard InChI is InChI=1S/C80H104BrN5O19S3/c1-57(87)68(46-49-75(91)92)82-78(95)83-69(77(93)94)32-18-19-51-84(56-58-36-40-61(81)41-37-58)74(90)35-13-9-8-12-27-62(88)26-10-6-5-7-11-28-63(89)29-21-50-80(4)67-31-15-17-34-71(67)86(53-23-55-107(99,100)101)73(80)48-39-60-25-20-24-59(76(60)105-64-42-44-65(45-43-64)108(102,103)104)38-47-72-79(2,3)66-30-14-16-33-70(66)85(72)52-22-54-106(96,97)98/h14-17,30-31,33-34,36-45,47-48,68-69H,5-13,18-29,32,35,46,49-56H2,1-4H3,(H6-,82,83,91,92,93,94,95,96,97,98,99,100,101,102,103,104)/p+1/t68-,69-,80?/m0/s1. The lowest BCUT2D eigenvalue weighted by atomic mass is 9.76. The Morgan fingerprint density at radius 3 is 1.82 bits per heavy atom. The van der Waals surface area contributed by atoms with Crippen molar-refractivity contribution in [1.29, 1.82) is 0 Å². The number of urea groups is 1. The summed E-state index contributed by atoms with van der Waals surface area (Å²) in [6.45, 7) is 8.76. The number of benzene rings is 4. The molecule has 0 saturated heterocycles. The Hall–Kier alpha value is -7.99. The smallest absolute Gasteiger partial charge is 0.326 e. The van der Waals surface area contributed by atoms with Gasteiger partial charge in [-0.15, -0.1) is 0 Å². The Labute approximate surface area is 644 Å². The molecule has 1 aliphatic carbocycles. The van der Waals surface area contributed by atoms with Gasteiger partial charge in [-0.3, -0.25) is 37.6 Å². The first kappa shape index (κ1) is 87.2. The van der Waals surface area contributed by atoms with Gasteiger partial charge in [0.2, 0.25) is 11.6 Å². The van der Waals surface area contributed by atoms with Crippen LogP contribution in [0.15, 0.2) is 153 Å². The second kappa shape index (κ2) is 41.2. The van der Waals surface area contributed by atoms with Gasteiger partial charge in [-0.1, -0.05) is 103 Å². The van der Waals surface area contributed by atoms with Gasteiger partial charge in [0.15, 0.2) is 11.5 Å². The normalized spacial score (nSPS) is 17.1. The van der Waals surface area contributed by atoms with Crippen LogP contribution in [0, 0.1) is 0 Å². The van der Waals surface area contributed by atoms with Gasteiger partial charge in [-0.2, -0.15) is 29.8 Å². The van der Waals surface area contributed by atoms with Crippen molar-refractivity contribution in [3.05, 3.63) is 165 Å². The average Bonchev–Trinajstić information content (AvgIpc) is 1.54. The zero-order chi connectivity index (χ0) is 78.8. The summed E-state index contributed by atoms with van der Waals surface area (Å²) in [5.41, 5.74) is 6.88. The molecule has 7 N–H and O–H groups in total. The minimum Gasteiger partial charge on any atom is -0.481 e. The van der Waals surface area contributed by atoms with Gasteiger partial charge < -0.3 is 35.4 Å². The third-order valence-corrected chi connectivity index (χ3v) is 23.2. The lowest BCUT2D eigenvalue weighted by Crippen LogP contribution is -2.50. The number of carboxylic acids is 2. The van der Waals surface area contributed by atoms with E-state index in [1.54, 1.807) is 4.90 Å². The number of carbonyl (C=O) groups excluding carboxylic acids is 5. The molecule has 0 fully saturated rings. The van der Waals surface area contributed by atoms with Gasteiger partial charge in [0, 0.05) is 104 Å². The van der Waals surface area contributed by atoms with Crippen molar-refractivity contribution in [3.8, 4) is 5.75 Å². The number of nitrogens with zero attached hydrogens (tertiary/aromatic N) is 3. The van der Waals surface area contributed by atoms with E-state index < -0.39 is 88.5 Å². The summed E-state index contributed by atoms with van der Waals surface area (Å²) in [6.07, 6.45) is 20.5. The molecule has 0 spiro atoms. The van der Waals surface area contributed by atoms with Crippen molar-refractivity contribution >= 4 is 105 Å². The monoisotopic (exact) mass is 1610 g/mol. The fourth-order valence-corrected chi connectivity index (χ4v) is 16.1. The maximum Gasteiger partial charge on any atom is 0.326 e. The number of hydrogen-bond donors (Lipinski definition) is 7. The SMILES string of the molecule is CC(=O)[C@H](CCC(=O)O)NC(=O)N[C@@H](CCCCN(Cc1ccc(Br)cc1)C(=O)CCCCCCC(=O)CCCCCCCC(=O)CCCC1(C)/C(=C\C=C2/CCCC(/C=C/C3=[N+](CCCS(=O)(=O)O)c4ccccc4C3(C)C)=C2Oc2ccc(S(=O)(=O)O)cc2)N(CCCS(=O)(=O)O)c2ccccc21)C(=O)O. The highest BCUT2D eigenvalue weighted by molar-refractivity contribution is 9.10. The Kier molecular flexibility index (Phi) is 33.2. The van der Waals surface area contributed by atoms with Crippen molar-refractivity contribution in [2.24, 2.45) is 0 Å². The number of ether oxygens (including phenoxy) is 1. The molecule has 4 aromatic carbocycles. The number of aliphatic carboxylic acids is 2. The predicted molar refractivity (Wildman–Crippen MR) is 417 cm³/mol. The molecule has 3 aliphatic rings. The molecule has 0 radical (unpaired) electrons. The van der Waals surface area contributed by atoms with Gasteiger partial charge in [-0.25, -0.2) is 9.59 Å². The Bertz CT molecular complexity index is 4360. The molecule has 3 atom stereocenters. The molecule has 108 heavy (non-hydrogen) atoms. The molecule has 0 aromatic heterocycles. The molecule has 0 saturated carbocycles. The first-order valence-electron chi connectivity index (χ1n) is 37.3. The molecule has 7 rings (SSSR count). The largest absolute Gasteiger partial charge is 0.481 e.